The molecule has 56 valence electrons. The van der Waals surface area contributed by atoms with Gasteiger partial charge >= 0.3 is 0 Å². The molecule has 1 aliphatic heterocycles. The highest BCUT2D eigenvalue weighted by Gasteiger charge is 2.01. The Morgan fingerprint density at radius 2 is 2.09 bits per heavy atom. The van der Waals surface area contributed by atoms with Gasteiger partial charge < -0.3 is 0 Å². The molecule has 0 spiro atoms. The number of hydrogen-bond acceptors (Lipinski definition) is 2. The zero-order valence-electron chi connectivity index (χ0n) is 5.99. The maximum Gasteiger partial charge on any atom is 0.0481 e. The minimum atomic E-state index is 1.13. The van der Waals surface area contributed by atoms with Crippen molar-refractivity contribution in [2.45, 2.75) is 4.90 Å². The van der Waals surface area contributed by atoms with Crippen molar-refractivity contribution < 1.29 is 0 Å². The van der Waals surface area contributed by atoms with Gasteiger partial charge in [-0.25, -0.2) is 0 Å². The fourth-order valence-electron chi connectivity index (χ4n) is 1.01. The summed E-state index contributed by atoms with van der Waals surface area (Å²) < 4.78 is 0. The van der Waals surface area contributed by atoms with Gasteiger partial charge in [-0.1, -0.05) is 18.2 Å². The van der Waals surface area contributed by atoms with E-state index >= 15 is 0 Å². The molecule has 0 bridgehead atoms. The Morgan fingerprint density at radius 1 is 1.18 bits per heavy atom. The van der Waals surface area contributed by atoms with Gasteiger partial charge in [-0.15, -0.1) is 23.5 Å². The Hall–Kier alpha value is -0.340. The fraction of sp³-hybridized carbons (Fsp3) is 0.111. The SMILES string of the molecule is C1=Cc2ccccc2SCS1. The number of benzene rings is 1. The first kappa shape index (κ1) is 7.32. The van der Waals surface area contributed by atoms with E-state index in [-0.39, 0.29) is 0 Å². The van der Waals surface area contributed by atoms with Crippen LogP contribution in [0.4, 0.5) is 0 Å². The van der Waals surface area contributed by atoms with Gasteiger partial charge in [0.2, 0.25) is 0 Å². The molecule has 1 heterocycles. The summed E-state index contributed by atoms with van der Waals surface area (Å²) in [4.78, 5) is 1.40. The lowest BCUT2D eigenvalue weighted by molar-refractivity contribution is 1.43. The molecule has 0 atom stereocenters. The summed E-state index contributed by atoms with van der Waals surface area (Å²) in [6.07, 6.45) is 2.18. The van der Waals surface area contributed by atoms with E-state index in [1.807, 2.05) is 23.5 Å². The molecular formula is C9H8S2. The molecule has 0 N–H and O–H groups in total. The standard InChI is InChI=1S/C9H8S2/c1-2-4-9-8(3-1)5-6-10-7-11-9/h1-6H,7H2. The Balaban J connectivity index is 2.45. The van der Waals surface area contributed by atoms with Crippen LogP contribution in [0.1, 0.15) is 5.56 Å². The normalized spacial score (nSPS) is 15.6. The van der Waals surface area contributed by atoms with Gasteiger partial charge in [-0.2, -0.15) is 0 Å². The predicted octanol–water partition coefficient (Wildman–Crippen LogP) is 3.45. The van der Waals surface area contributed by atoms with Gasteiger partial charge in [0.1, 0.15) is 0 Å². The minimum absolute atomic E-state index is 1.13. The Morgan fingerprint density at radius 3 is 3.09 bits per heavy atom. The Bertz CT molecular complexity index is 279. The topological polar surface area (TPSA) is 0 Å². The van der Waals surface area contributed by atoms with Gasteiger partial charge in [0, 0.05) is 9.98 Å². The third-order valence-corrected chi connectivity index (χ3v) is 3.57. The summed E-state index contributed by atoms with van der Waals surface area (Å²) in [6.45, 7) is 0. The van der Waals surface area contributed by atoms with E-state index in [2.05, 4.69) is 35.7 Å². The van der Waals surface area contributed by atoms with Crippen molar-refractivity contribution in [1.82, 2.24) is 0 Å². The molecule has 0 saturated carbocycles. The van der Waals surface area contributed by atoms with Crippen LogP contribution in [0.25, 0.3) is 6.08 Å². The maximum atomic E-state index is 2.18. The smallest absolute Gasteiger partial charge is 0.0481 e. The van der Waals surface area contributed by atoms with Crippen molar-refractivity contribution in [2.24, 2.45) is 0 Å². The van der Waals surface area contributed by atoms with Gasteiger partial charge in [0.05, 0.1) is 0 Å². The summed E-state index contributed by atoms with van der Waals surface area (Å²) in [5.41, 5.74) is 1.35. The quantitative estimate of drug-likeness (QED) is 0.599. The Labute approximate surface area is 75.1 Å². The van der Waals surface area contributed by atoms with Gasteiger partial charge in [-0.05, 0) is 23.1 Å². The molecular weight excluding hydrogens is 172 g/mol. The zero-order chi connectivity index (χ0) is 7.52. The van der Waals surface area contributed by atoms with Crippen LogP contribution in [-0.4, -0.2) is 5.08 Å². The molecule has 0 amide bonds. The molecule has 11 heavy (non-hydrogen) atoms. The van der Waals surface area contributed by atoms with Crippen LogP contribution in [0.3, 0.4) is 0 Å². The largest absolute Gasteiger partial charge is 0.123 e. The first-order chi connectivity index (χ1) is 5.47. The lowest BCUT2D eigenvalue weighted by atomic mass is 10.2. The molecule has 0 aliphatic carbocycles. The number of fused-ring (bicyclic) bond motifs is 1. The second-order valence-corrected chi connectivity index (χ2v) is 4.55. The van der Waals surface area contributed by atoms with E-state index in [1.54, 1.807) is 0 Å². The number of rotatable bonds is 0. The highest BCUT2D eigenvalue weighted by Crippen LogP contribution is 2.30. The highest BCUT2D eigenvalue weighted by atomic mass is 32.2. The number of thioether (sulfide) groups is 2. The molecule has 1 aromatic carbocycles. The van der Waals surface area contributed by atoms with Crippen molar-refractivity contribution in [2.75, 3.05) is 5.08 Å². The molecule has 0 unspecified atom stereocenters. The van der Waals surface area contributed by atoms with E-state index in [0.717, 1.165) is 5.08 Å². The minimum Gasteiger partial charge on any atom is -0.123 e. The van der Waals surface area contributed by atoms with E-state index in [4.69, 9.17) is 0 Å². The van der Waals surface area contributed by atoms with E-state index < -0.39 is 0 Å². The molecule has 1 aromatic rings. The van der Waals surface area contributed by atoms with Gasteiger partial charge in [0.15, 0.2) is 0 Å². The molecule has 1 aliphatic rings. The monoisotopic (exact) mass is 180 g/mol. The van der Waals surface area contributed by atoms with E-state index in [1.165, 1.54) is 10.5 Å². The van der Waals surface area contributed by atoms with Crippen molar-refractivity contribution in [3.05, 3.63) is 35.2 Å². The van der Waals surface area contributed by atoms with Gasteiger partial charge in [0.25, 0.3) is 0 Å². The second kappa shape index (κ2) is 3.37. The van der Waals surface area contributed by atoms with Crippen LogP contribution in [0.2, 0.25) is 0 Å². The molecule has 2 rings (SSSR count). The average Bonchev–Trinajstić information content (AvgIpc) is 2.28. The average molecular weight is 180 g/mol. The van der Waals surface area contributed by atoms with Crippen LogP contribution in [0.15, 0.2) is 34.6 Å². The third-order valence-electron chi connectivity index (χ3n) is 1.55. The first-order valence-corrected chi connectivity index (χ1v) is 5.50. The first-order valence-electron chi connectivity index (χ1n) is 3.47. The zero-order valence-corrected chi connectivity index (χ0v) is 7.62. The molecule has 0 fully saturated rings. The van der Waals surface area contributed by atoms with Crippen molar-refractivity contribution in [1.29, 1.82) is 0 Å². The van der Waals surface area contributed by atoms with Crippen LogP contribution in [0, 0.1) is 0 Å². The molecule has 2 heteroatoms. The summed E-state index contributed by atoms with van der Waals surface area (Å²) in [5, 5.41) is 3.30. The molecule has 0 radical (unpaired) electrons. The summed E-state index contributed by atoms with van der Waals surface area (Å²) in [7, 11) is 0. The molecule has 0 saturated heterocycles. The Kier molecular flexibility index (Phi) is 2.24. The molecule has 0 aromatic heterocycles. The van der Waals surface area contributed by atoms with Crippen molar-refractivity contribution in [3.63, 3.8) is 0 Å². The van der Waals surface area contributed by atoms with Crippen molar-refractivity contribution >= 4 is 29.6 Å². The number of hydrogen-bond donors (Lipinski definition) is 0. The van der Waals surface area contributed by atoms with Crippen molar-refractivity contribution in [3.8, 4) is 0 Å². The van der Waals surface area contributed by atoms with Crippen LogP contribution in [0.5, 0.6) is 0 Å². The van der Waals surface area contributed by atoms with Crippen LogP contribution in [-0.2, 0) is 0 Å². The predicted molar refractivity (Wildman–Crippen MR) is 53.8 cm³/mol. The third kappa shape index (κ3) is 1.63. The fourth-order valence-corrected chi connectivity index (χ4v) is 2.82. The summed E-state index contributed by atoms with van der Waals surface area (Å²) in [5.74, 6) is 0. The summed E-state index contributed by atoms with van der Waals surface area (Å²) in [6, 6.07) is 8.51. The molecule has 0 nitrogen and oxygen atoms in total. The van der Waals surface area contributed by atoms with E-state index in [0.29, 0.717) is 0 Å². The second-order valence-electron chi connectivity index (χ2n) is 2.27. The van der Waals surface area contributed by atoms with E-state index in [9.17, 15) is 0 Å². The van der Waals surface area contributed by atoms with Crippen LogP contribution < -0.4 is 0 Å². The maximum absolute atomic E-state index is 2.18. The lowest BCUT2D eigenvalue weighted by Crippen LogP contribution is -1.75. The summed E-state index contributed by atoms with van der Waals surface area (Å²) >= 11 is 3.76. The lowest BCUT2D eigenvalue weighted by Gasteiger charge is -1.99. The van der Waals surface area contributed by atoms with Gasteiger partial charge in [-0.3, -0.25) is 0 Å². The highest BCUT2D eigenvalue weighted by molar-refractivity contribution is 8.17. The van der Waals surface area contributed by atoms with Crippen LogP contribution >= 0.6 is 23.5 Å².